The largest absolute Gasteiger partial charge is 0.493 e. The van der Waals surface area contributed by atoms with E-state index in [-0.39, 0.29) is 5.41 Å². The molecule has 0 aliphatic carbocycles. The van der Waals surface area contributed by atoms with Crippen LogP contribution in [0.4, 0.5) is 0 Å². The summed E-state index contributed by atoms with van der Waals surface area (Å²) < 4.78 is 5.82. The standard InChI is InChI=1S/C15H23NO/c1-5-6-7-11-10-16-14(15(2,3)4)12-8-9-17-13(11)12/h10H,5-9H2,1-4H3. The van der Waals surface area contributed by atoms with E-state index in [4.69, 9.17) is 9.72 Å². The number of aromatic nitrogens is 1. The zero-order chi connectivity index (χ0) is 12.5. The second kappa shape index (κ2) is 4.67. The van der Waals surface area contributed by atoms with Gasteiger partial charge in [0.1, 0.15) is 5.75 Å². The van der Waals surface area contributed by atoms with Crippen molar-refractivity contribution in [1.82, 2.24) is 4.98 Å². The third kappa shape index (κ3) is 2.46. The monoisotopic (exact) mass is 233 g/mol. The van der Waals surface area contributed by atoms with E-state index >= 15 is 0 Å². The molecule has 94 valence electrons. The van der Waals surface area contributed by atoms with Gasteiger partial charge in [-0.3, -0.25) is 4.98 Å². The maximum Gasteiger partial charge on any atom is 0.129 e. The van der Waals surface area contributed by atoms with E-state index < -0.39 is 0 Å². The zero-order valence-corrected chi connectivity index (χ0v) is 11.5. The Morgan fingerprint density at radius 2 is 2.12 bits per heavy atom. The molecule has 0 spiro atoms. The average Bonchev–Trinajstić information content (AvgIpc) is 2.72. The van der Waals surface area contributed by atoms with Gasteiger partial charge in [0, 0.05) is 29.2 Å². The van der Waals surface area contributed by atoms with Crippen molar-refractivity contribution in [3.05, 3.63) is 23.0 Å². The molecule has 0 aromatic carbocycles. The molecule has 0 unspecified atom stereocenters. The van der Waals surface area contributed by atoms with Gasteiger partial charge in [-0.1, -0.05) is 34.1 Å². The second-order valence-corrected chi connectivity index (χ2v) is 5.89. The highest BCUT2D eigenvalue weighted by atomic mass is 16.5. The summed E-state index contributed by atoms with van der Waals surface area (Å²) in [6, 6.07) is 0. The summed E-state index contributed by atoms with van der Waals surface area (Å²) in [4.78, 5) is 4.69. The van der Waals surface area contributed by atoms with Crippen LogP contribution in [0.25, 0.3) is 0 Å². The minimum atomic E-state index is 0.112. The van der Waals surface area contributed by atoms with Crippen LogP contribution < -0.4 is 4.74 Å². The summed E-state index contributed by atoms with van der Waals surface area (Å²) in [5.74, 6) is 1.14. The molecular formula is C15H23NO. The molecule has 2 heteroatoms. The Bertz CT molecular complexity index is 404. The lowest BCUT2D eigenvalue weighted by molar-refractivity contribution is 0.353. The third-order valence-corrected chi connectivity index (χ3v) is 3.31. The number of hydrogen-bond donors (Lipinski definition) is 0. The van der Waals surface area contributed by atoms with Crippen molar-refractivity contribution in [1.29, 1.82) is 0 Å². The predicted octanol–water partition coefficient (Wildman–Crippen LogP) is 3.66. The summed E-state index contributed by atoms with van der Waals surface area (Å²) in [7, 11) is 0. The molecule has 0 saturated carbocycles. The number of unbranched alkanes of at least 4 members (excludes halogenated alkanes) is 1. The molecule has 2 rings (SSSR count). The van der Waals surface area contributed by atoms with Crippen molar-refractivity contribution >= 4 is 0 Å². The summed E-state index contributed by atoms with van der Waals surface area (Å²) >= 11 is 0. The Morgan fingerprint density at radius 1 is 1.35 bits per heavy atom. The first kappa shape index (κ1) is 12.4. The minimum Gasteiger partial charge on any atom is -0.493 e. The van der Waals surface area contributed by atoms with Crippen LogP contribution in [0.3, 0.4) is 0 Å². The lowest BCUT2D eigenvalue weighted by Gasteiger charge is -2.21. The van der Waals surface area contributed by atoms with Gasteiger partial charge >= 0.3 is 0 Å². The second-order valence-electron chi connectivity index (χ2n) is 5.89. The lowest BCUT2D eigenvalue weighted by Crippen LogP contribution is -2.16. The average molecular weight is 233 g/mol. The molecule has 0 N–H and O–H groups in total. The molecule has 0 fully saturated rings. The summed E-state index contributed by atoms with van der Waals surface area (Å²) in [6.45, 7) is 9.71. The normalized spacial score (nSPS) is 14.6. The van der Waals surface area contributed by atoms with Crippen LogP contribution in [0.15, 0.2) is 6.20 Å². The van der Waals surface area contributed by atoms with Crippen molar-refractivity contribution in [2.45, 2.75) is 58.8 Å². The fourth-order valence-electron chi connectivity index (χ4n) is 2.44. The molecule has 0 saturated heterocycles. The number of pyridine rings is 1. The van der Waals surface area contributed by atoms with Gasteiger partial charge in [0.25, 0.3) is 0 Å². The molecule has 1 aromatic heterocycles. The molecule has 0 bridgehead atoms. The van der Waals surface area contributed by atoms with Crippen LogP contribution in [0.5, 0.6) is 5.75 Å². The minimum absolute atomic E-state index is 0.112. The van der Waals surface area contributed by atoms with Crippen LogP contribution in [-0.2, 0) is 18.3 Å². The highest BCUT2D eigenvalue weighted by Gasteiger charge is 2.27. The predicted molar refractivity (Wildman–Crippen MR) is 70.7 cm³/mol. The van der Waals surface area contributed by atoms with Gasteiger partial charge in [-0.25, -0.2) is 0 Å². The van der Waals surface area contributed by atoms with Gasteiger partial charge in [0.2, 0.25) is 0 Å². The smallest absolute Gasteiger partial charge is 0.129 e. The molecule has 1 aliphatic rings. The SMILES string of the molecule is CCCCc1cnc(C(C)(C)C)c2c1OCC2. The van der Waals surface area contributed by atoms with Gasteiger partial charge in [-0.15, -0.1) is 0 Å². The number of ether oxygens (including phenoxy) is 1. The fraction of sp³-hybridized carbons (Fsp3) is 0.667. The number of nitrogens with zero attached hydrogens (tertiary/aromatic N) is 1. The molecule has 1 aliphatic heterocycles. The van der Waals surface area contributed by atoms with Gasteiger partial charge in [0.15, 0.2) is 0 Å². The van der Waals surface area contributed by atoms with Crippen molar-refractivity contribution in [3.8, 4) is 5.75 Å². The lowest BCUT2D eigenvalue weighted by atomic mass is 9.86. The Labute approximate surface area is 104 Å². The van der Waals surface area contributed by atoms with E-state index in [1.165, 1.54) is 29.7 Å². The Balaban J connectivity index is 2.39. The zero-order valence-electron chi connectivity index (χ0n) is 11.5. The Hall–Kier alpha value is -1.05. The molecular weight excluding hydrogens is 210 g/mol. The van der Waals surface area contributed by atoms with Crippen LogP contribution in [-0.4, -0.2) is 11.6 Å². The number of fused-ring (bicyclic) bond motifs is 1. The van der Waals surface area contributed by atoms with Crippen LogP contribution in [0, 0.1) is 0 Å². The van der Waals surface area contributed by atoms with Crippen LogP contribution >= 0.6 is 0 Å². The van der Waals surface area contributed by atoms with Crippen molar-refractivity contribution in [3.63, 3.8) is 0 Å². The topological polar surface area (TPSA) is 22.1 Å². The van der Waals surface area contributed by atoms with Crippen molar-refractivity contribution < 1.29 is 4.74 Å². The number of aryl methyl sites for hydroxylation is 1. The van der Waals surface area contributed by atoms with E-state index in [1.54, 1.807) is 0 Å². The quantitative estimate of drug-likeness (QED) is 0.795. The first-order valence-electron chi connectivity index (χ1n) is 6.68. The molecule has 2 heterocycles. The molecule has 17 heavy (non-hydrogen) atoms. The Kier molecular flexibility index (Phi) is 3.41. The maximum absolute atomic E-state index is 5.82. The molecule has 2 nitrogen and oxygen atoms in total. The molecule has 0 amide bonds. The van der Waals surface area contributed by atoms with Gasteiger partial charge in [-0.05, 0) is 12.8 Å². The summed E-state index contributed by atoms with van der Waals surface area (Å²) in [5, 5.41) is 0. The first-order valence-corrected chi connectivity index (χ1v) is 6.68. The van der Waals surface area contributed by atoms with Gasteiger partial charge < -0.3 is 4.74 Å². The summed E-state index contributed by atoms with van der Waals surface area (Å²) in [5.41, 5.74) is 3.98. The highest BCUT2D eigenvalue weighted by molar-refractivity contribution is 5.47. The van der Waals surface area contributed by atoms with Crippen molar-refractivity contribution in [2.24, 2.45) is 0 Å². The summed E-state index contributed by atoms with van der Waals surface area (Å²) in [6.07, 6.45) is 6.58. The van der Waals surface area contributed by atoms with E-state index in [0.29, 0.717) is 0 Å². The number of hydrogen-bond acceptors (Lipinski definition) is 2. The van der Waals surface area contributed by atoms with E-state index in [2.05, 4.69) is 27.7 Å². The number of rotatable bonds is 3. The fourth-order valence-corrected chi connectivity index (χ4v) is 2.44. The van der Waals surface area contributed by atoms with Crippen molar-refractivity contribution in [2.75, 3.05) is 6.61 Å². The maximum atomic E-state index is 5.82. The highest BCUT2D eigenvalue weighted by Crippen LogP contribution is 2.36. The van der Waals surface area contributed by atoms with Crippen LogP contribution in [0.2, 0.25) is 0 Å². The van der Waals surface area contributed by atoms with E-state index in [9.17, 15) is 0 Å². The van der Waals surface area contributed by atoms with E-state index in [1.807, 2.05) is 6.20 Å². The molecule has 0 atom stereocenters. The molecule has 0 radical (unpaired) electrons. The first-order chi connectivity index (χ1) is 8.04. The Morgan fingerprint density at radius 3 is 2.76 bits per heavy atom. The molecule has 1 aromatic rings. The van der Waals surface area contributed by atoms with Gasteiger partial charge in [0.05, 0.1) is 12.3 Å². The third-order valence-electron chi connectivity index (χ3n) is 3.31. The van der Waals surface area contributed by atoms with Gasteiger partial charge in [-0.2, -0.15) is 0 Å². The van der Waals surface area contributed by atoms with Crippen LogP contribution in [0.1, 0.15) is 57.4 Å². The van der Waals surface area contributed by atoms with E-state index in [0.717, 1.165) is 25.2 Å².